The van der Waals surface area contributed by atoms with E-state index in [1.54, 1.807) is 36.3 Å². The van der Waals surface area contributed by atoms with E-state index in [0.29, 0.717) is 36.6 Å². The van der Waals surface area contributed by atoms with Gasteiger partial charge in [0.15, 0.2) is 0 Å². The number of amides is 1. The van der Waals surface area contributed by atoms with Gasteiger partial charge in [-0.1, -0.05) is 19.6 Å². The molecule has 1 aliphatic rings. The summed E-state index contributed by atoms with van der Waals surface area (Å²) in [6.07, 6.45) is 2.06. The van der Waals surface area contributed by atoms with Crippen LogP contribution in [-0.2, 0) is 4.79 Å². The minimum atomic E-state index is -0.797. The van der Waals surface area contributed by atoms with Crippen molar-refractivity contribution in [3.05, 3.63) is 36.4 Å². The molecular weight excluding hydrogens is 310 g/mol. The highest BCUT2D eigenvalue weighted by atomic mass is 16.5. The van der Waals surface area contributed by atoms with Crippen molar-refractivity contribution in [2.45, 2.75) is 13.3 Å². The molecule has 0 bridgehead atoms. The Morgan fingerprint density at radius 3 is 2.79 bits per heavy atom. The quantitative estimate of drug-likeness (QED) is 0.809. The van der Waals surface area contributed by atoms with Gasteiger partial charge in [-0.25, -0.2) is 0 Å². The van der Waals surface area contributed by atoms with E-state index in [-0.39, 0.29) is 18.4 Å². The van der Waals surface area contributed by atoms with Crippen LogP contribution in [0.3, 0.4) is 0 Å². The van der Waals surface area contributed by atoms with Crippen LogP contribution in [0.25, 0.3) is 0 Å². The van der Waals surface area contributed by atoms with Crippen molar-refractivity contribution >= 4 is 11.9 Å². The fourth-order valence-electron chi connectivity index (χ4n) is 2.94. The van der Waals surface area contributed by atoms with Gasteiger partial charge < -0.3 is 19.5 Å². The zero-order valence-corrected chi connectivity index (χ0v) is 14.0. The Morgan fingerprint density at radius 2 is 2.21 bits per heavy atom. The Morgan fingerprint density at radius 1 is 1.46 bits per heavy atom. The summed E-state index contributed by atoms with van der Waals surface area (Å²) in [5.74, 6) is -0.408. The van der Waals surface area contributed by atoms with E-state index >= 15 is 0 Å². The number of carboxylic acid groups (broad SMARTS) is 1. The summed E-state index contributed by atoms with van der Waals surface area (Å²) in [6, 6.07) is 5.05. The van der Waals surface area contributed by atoms with Crippen LogP contribution in [-0.4, -0.2) is 48.7 Å². The van der Waals surface area contributed by atoms with Crippen molar-refractivity contribution in [2.24, 2.45) is 11.8 Å². The summed E-state index contributed by atoms with van der Waals surface area (Å²) >= 11 is 0. The number of hydrogen-bond acceptors (Lipinski definition) is 4. The standard InChI is InChI=1S/C18H23NO5/c1-4-9-24-16-10-13(23-3)5-6-15(16)17(20)19-8-7-14(18(21)22)12(2)11-19/h4-6,10,12,14H,1,7-9,11H2,2-3H3,(H,21,22). The molecule has 6 nitrogen and oxygen atoms in total. The molecule has 1 fully saturated rings. The first-order chi connectivity index (χ1) is 11.5. The summed E-state index contributed by atoms with van der Waals surface area (Å²) in [6.45, 7) is 6.60. The highest BCUT2D eigenvalue weighted by Crippen LogP contribution is 2.29. The van der Waals surface area contributed by atoms with Gasteiger partial charge in [-0.15, -0.1) is 0 Å². The van der Waals surface area contributed by atoms with E-state index in [9.17, 15) is 14.7 Å². The van der Waals surface area contributed by atoms with Crippen molar-refractivity contribution in [1.29, 1.82) is 0 Å². The SMILES string of the molecule is C=CCOc1cc(OC)ccc1C(=O)N1CCC(C(=O)O)C(C)C1. The zero-order valence-electron chi connectivity index (χ0n) is 14.0. The maximum atomic E-state index is 12.8. The number of aliphatic carboxylic acids is 1. The number of hydrogen-bond donors (Lipinski definition) is 1. The van der Waals surface area contributed by atoms with Gasteiger partial charge in [0.05, 0.1) is 18.6 Å². The third kappa shape index (κ3) is 3.88. The highest BCUT2D eigenvalue weighted by molar-refractivity contribution is 5.97. The number of ether oxygens (including phenoxy) is 2. The fourth-order valence-corrected chi connectivity index (χ4v) is 2.94. The van der Waals surface area contributed by atoms with Crippen LogP contribution < -0.4 is 9.47 Å². The van der Waals surface area contributed by atoms with E-state index in [4.69, 9.17) is 9.47 Å². The molecule has 0 aliphatic carbocycles. The molecule has 1 aromatic rings. The zero-order chi connectivity index (χ0) is 17.7. The lowest BCUT2D eigenvalue weighted by atomic mass is 9.87. The monoisotopic (exact) mass is 333 g/mol. The van der Waals surface area contributed by atoms with E-state index in [1.165, 1.54) is 0 Å². The smallest absolute Gasteiger partial charge is 0.306 e. The summed E-state index contributed by atoms with van der Waals surface area (Å²) in [5, 5.41) is 9.20. The number of likely N-dealkylation sites (tertiary alicyclic amines) is 1. The molecule has 6 heteroatoms. The molecule has 1 saturated heterocycles. The van der Waals surface area contributed by atoms with Crippen molar-refractivity contribution in [2.75, 3.05) is 26.8 Å². The number of benzene rings is 1. The molecule has 0 radical (unpaired) electrons. The molecule has 2 unspecified atom stereocenters. The fraction of sp³-hybridized carbons (Fsp3) is 0.444. The molecule has 1 amide bonds. The number of carboxylic acids is 1. The van der Waals surface area contributed by atoms with Crippen LogP contribution in [0.4, 0.5) is 0 Å². The minimum Gasteiger partial charge on any atom is -0.497 e. The molecule has 2 rings (SSSR count). The summed E-state index contributed by atoms with van der Waals surface area (Å²) in [5.41, 5.74) is 0.443. The third-order valence-corrected chi connectivity index (χ3v) is 4.29. The maximum absolute atomic E-state index is 12.8. The van der Waals surface area contributed by atoms with E-state index in [0.717, 1.165) is 0 Å². The normalized spacial score (nSPS) is 20.3. The lowest BCUT2D eigenvalue weighted by Crippen LogP contribution is -2.45. The second-order valence-electron chi connectivity index (χ2n) is 5.92. The van der Waals surface area contributed by atoms with Crippen LogP contribution in [0.15, 0.2) is 30.9 Å². The first-order valence-corrected chi connectivity index (χ1v) is 7.91. The molecule has 0 spiro atoms. The number of methoxy groups -OCH3 is 1. The summed E-state index contributed by atoms with van der Waals surface area (Å²) in [7, 11) is 1.55. The number of nitrogens with zero attached hydrogens (tertiary/aromatic N) is 1. The molecule has 1 aliphatic heterocycles. The number of rotatable bonds is 6. The van der Waals surface area contributed by atoms with E-state index in [2.05, 4.69) is 6.58 Å². The van der Waals surface area contributed by atoms with Gasteiger partial charge in [0.25, 0.3) is 5.91 Å². The molecule has 1 heterocycles. The van der Waals surface area contributed by atoms with E-state index < -0.39 is 11.9 Å². The van der Waals surface area contributed by atoms with Gasteiger partial charge in [0, 0.05) is 19.2 Å². The first kappa shape index (κ1) is 17.8. The average Bonchev–Trinajstić information content (AvgIpc) is 2.58. The molecule has 0 saturated carbocycles. The first-order valence-electron chi connectivity index (χ1n) is 7.91. The molecule has 130 valence electrons. The van der Waals surface area contributed by atoms with Gasteiger partial charge in [-0.2, -0.15) is 0 Å². The van der Waals surface area contributed by atoms with Crippen molar-refractivity contribution in [3.63, 3.8) is 0 Å². The average molecular weight is 333 g/mol. The molecule has 1 aromatic carbocycles. The second kappa shape index (κ2) is 7.86. The minimum absolute atomic E-state index is 0.0870. The molecular formula is C18H23NO5. The topological polar surface area (TPSA) is 76.1 Å². The van der Waals surface area contributed by atoms with E-state index in [1.807, 2.05) is 6.92 Å². The Labute approximate surface area is 141 Å². The maximum Gasteiger partial charge on any atom is 0.306 e. The number of carbonyl (C=O) groups excluding carboxylic acids is 1. The van der Waals surface area contributed by atoms with Crippen molar-refractivity contribution in [3.8, 4) is 11.5 Å². The van der Waals surface area contributed by atoms with Crippen LogP contribution in [0.1, 0.15) is 23.7 Å². The predicted molar refractivity (Wildman–Crippen MR) is 89.5 cm³/mol. The number of piperidine rings is 1. The van der Waals surface area contributed by atoms with Gasteiger partial charge in [0.1, 0.15) is 18.1 Å². The van der Waals surface area contributed by atoms with Crippen molar-refractivity contribution in [1.82, 2.24) is 4.90 Å². The molecule has 1 N–H and O–H groups in total. The molecule has 0 aromatic heterocycles. The summed E-state index contributed by atoms with van der Waals surface area (Å²) < 4.78 is 10.8. The highest BCUT2D eigenvalue weighted by Gasteiger charge is 2.34. The summed E-state index contributed by atoms with van der Waals surface area (Å²) in [4.78, 5) is 25.7. The Kier molecular flexibility index (Phi) is 5.84. The predicted octanol–water partition coefficient (Wildman–Crippen LogP) is 2.44. The molecule has 2 atom stereocenters. The van der Waals surface area contributed by atoms with Gasteiger partial charge in [0.2, 0.25) is 0 Å². The van der Waals surface area contributed by atoms with Crippen LogP contribution >= 0.6 is 0 Å². The Bertz CT molecular complexity index is 628. The second-order valence-corrected chi connectivity index (χ2v) is 5.92. The van der Waals surface area contributed by atoms with Crippen molar-refractivity contribution < 1.29 is 24.2 Å². The lowest BCUT2D eigenvalue weighted by Gasteiger charge is -2.35. The van der Waals surface area contributed by atoms with Gasteiger partial charge in [-0.05, 0) is 24.5 Å². The Hall–Kier alpha value is -2.50. The van der Waals surface area contributed by atoms with Crippen LogP contribution in [0.5, 0.6) is 11.5 Å². The van der Waals surface area contributed by atoms with Gasteiger partial charge >= 0.3 is 5.97 Å². The van der Waals surface area contributed by atoms with Crippen LogP contribution in [0.2, 0.25) is 0 Å². The number of carbonyl (C=O) groups is 2. The Balaban J connectivity index is 2.20. The molecule has 24 heavy (non-hydrogen) atoms. The van der Waals surface area contributed by atoms with Crippen LogP contribution in [0, 0.1) is 11.8 Å². The largest absolute Gasteiger partial charge is 0.497 e. The lowest BCUT2D eigenvalue weighted by molar-refractivity contribution is -0.145. The van der Waals surface area contributed by atoms with Gasteiger partial charge in [-0.3, -0.25) is 9.59 Å². The third-order valence-electron chi connectivity index (χ3n) is 4.29.